The number of rotatable bonds is 12. The molecule has 0 fully saturated rings. The summed E-state index contributed by atoms with van der Waals surface area (Å²) in [5.41, 5.74) is -3.45. The summed E-state index contributed by atoms with van der Waals surface area (Å²) in [7, 11) is 0. The molecule has 15 heteroatoms. The van der Waals surface area contributed by atoms with Crippen molar-refractivity contribution in [3.8, 4) is 0 Å². The molecule has 0 spiro atoms. The van der Waals surface area contributed by atoms with Crippen LogP contribution in [0.25, 0.3) is 0 Å². The number of carbonyl (C=O) groups is 1. The zero-order valence-electron chi connectivity index (χ0n) is 20.6. The van der Waals surface area contributed by atoms with Crippen molar-refractivity contribution in [3.05, 3.63) is 0 Å². The fraction of sp³-hybridized carbons (Fsp3) is 0.952. The number of hydrogen-bond acceptors (Lipinski definition) is 2. The molecular formula is C21H29F13O2. The Morgan fingerprint density at radius 1 is 0.611 bits per heavy atom. The predicted molar refractivity (Wildman–Crippen MR) is 103 cm³/mol. The van der Waals surface area contributed by atoms with E-state index in [-0.39, 0.29) is 12.8 Å². The molecule has 0 aromatic carbocycles. The van der Waals surface area contributed by atoms with Crippen LogP contribution in [0.15, 0.2) is 0 Å². The van der Waals surface area contributed by atoms with Crippen molar-refractivity contribution >= 4 is 5.97 Å². The Kier molecular flexibility index (Phi) is 9.31. The Bertz CT molecular complexity index is 785. The third-order valence-corrected chi connectivity index (χ3v) is 7.00. The molecule has 1 atom stereocenters. The predicted octanol–water partition coefficient (Wildman–Crippen LogP) is 8.54. The third kappa shape index (κ3) is 5.53. The van der Waals surface area contributed by atoms with Crippen LogP contribution in [-0.2, 0) is 9.53 Å². The molecule has 0 radical (unpaired) electrons. The topological polar surface area (TPSA) is 26.3 Å². The minimum Gasteiger partial charge on any atom is -0.459 e. The van der Waals surface area contributed by atoms with Gasteiger partial charge in [0, 0.05) is 0 Å². The van der Waals surface area contributed by atoms with E-state index in [1.54, 1.807) is 27.7 Å². The molecule has 0 saturated heterocycles. The van der Waals surface area contributed by atoms with Crippen molar-refractivity contribution in [1.82, 2.24) is 0 Å². The maximum atomic E-state index is 14.1. The van der Waals surface area contributed by atoms with Crippen LogP contribution >= 0.6 is 0 Å². The van der Waals surface area contributed by atoms with Gasteiger partial charge in [-0.25, -0.2) is 0 Å². The number of ether oxygens (including phenoxy) is 1. The lowest BCUT2D eigenvalue weighted by Gasteiger charge is -2.46. The zero-order chi connectivity index (χ0) is 29.6. The second kappa shape index (κ2) is 9.70. The lowest BCUT2D eigenvalue weighted by Crippen LogP contribution is -2.70. The van der Waals surface area contributed by atoms with Gasteiger partial charge in [0.05, 0.1) is 5.41 Å². The SMILES string of the molecule is CCC(C)(C)CC(C)(C(=O)OCC(F)(F)C(F)(F)C(F)(F)C(F)(F)C(F)(F)C(F)(F)F)C(C)(C)CC. The molecule has 216 valence electrons. The van der Waals surface area contributed by atoms with Crippen molar-refractivity contribution in [1.29, 1.82) is 0 Å². The van der Waals surface area contributed by atoms with Gasteiger partial charge in [0.1, 0.15) is 0 Å². The summed E-state index contributed by atoms with van der Waals surface area (Å²) >= 11 is 0. The quantitative estimate of drug-likeness (QED) is 0.177. The summed E-state index contributed by atoms with van der Waals surface area (Å²) in [5, 5.41) is 0. The second-order valence-electron chi connectivity index (χ2n) is 10.3. The molecule has 0 heterocycles. The highest BCUT2D eigenvalue weighted by Gasteiger charge is 2.90. The zero-order valence-corrected chi connectivity index (χ0v) is 20.6. The minimum absolute atomic E-state index is 0.0931. The Morgan fingerprint density at radius 2 is 1.00 bits per heavy atom. The Morgan fingerprint density at radius 3 is 1.33 bits per heavy atom. The van der Waals surface area contributed by atoms with Crippen LogP contribution in [0.2, 0.25) is 0 Å². The van der Waals surface area contributed by atoms with Gasteiger partial charge in [-0.05, 0) is 30.6 Å². The van der Waals surface area contributed by atoms with Crippen LogP contribution in [-0.4, -0.2) is 48.4 Å². The third-order valence-electron chi connectivity index (χ3n) is 7.00. The van der Waals surface area contributed by atoms with E-state index < -0.39 is 64.6 Å². The molecule has 0 rings (SSSR count). The van der Waals surface area contributed by atoms with Crippen LogP contribution in [0.5, 0.6) is 0 Å². The van der Waals surface area contributed by atoms with Gasteiger partial charge in [0.15, 0.2) is 6.61 Å². The number of carbonyl (C=O) groups excluding carboxylic acids is 1. The van der Waals surface area contributed by atoms with E-state index >= 15 is 0 Å². The van der Waals surface area contributed by atoms with Crippen LogP contribution in [0, 0.1) is 16.2 Å². The molecular weight excluding hydrogens is 531 g/mol. The van der Waals surface area contributed by atoms with E-state index in [0.717, 1.165) is 0 Å². The largest absolute Gasteiger partial charge is 0.460 e. The van der Waals surface area contributed by atoms with Crippen LogP contribution in [0.3, 0.4) is 0 Å². The summed E-state index contributed by atoms with van der Waals surface area (Å²) in [6.45, 7) is 7.81. The normalized spacial score (nSPS) is 17.1. The summed E-state index contributed by atoms with van der Waals surface area (Å²) in [4.78, 5) is 12.8. The summed E-state index contributed by atoms with van der Waals surface area (Å²) in [6.07, 6.45) is -6.96. The molecule has 0 aromatic rings. The van der Waals surface area contributed by atoms with E-state index in [9.17, 15) is 61.9 Å². The van der Waals surface area contributed by atoms with E-state index in [1.165, 1.54) is 20.8 Å². The highest BCUT2D eigenvalue weighted by molar-refractivity contribution is 5.77. The van der Waals surface area contributed by atoms with E-state index in [2.05, 4.69) is 4.74 Å². The first kappa shape index (κ1) is 34.6. The summed E-state index contributed by atoms with van der Waals surface area (Å²) in [5.74, 6) is -39.3. The molecule has 0 aromatic heterocycles. The smallest absolute Gasteiger partial charge is 0.459 e. The van der Waals surface area contributed by atoms with E-state index in [4.69, 9.17) is 0 Å². The fourth-order valence-electron chi connectivity index (χ4n) is 3.27. The van der Waals surface area contributed by atoms with Gasteiger partial charge in [-0.15, -0.1) is 0 Å². The molecule has 0 aliphatic rings. The van der Waals surface area contributed by atoms with Gasteiger partial charge >= 0.3 is 41.8 Å². The Balaban J connectivity index is 6.31. The molecule has 2 nitrogen and oxygen atoms in total. The van der Waals surface area contributed by atoms with E-state index in [1.807, 2.05) is 0 Å². The average molecular weight is 560 g/mol. The average Bonchev–Trinajstić information content (AvgIpc) is 2.69. The molecule has 0 saturated carbocycles. The van der Waals surface area contributed by atoms with Gasteiger partial charge in [0.2, 0.25) is 0 Å². The first-order chi connectivity index (χ1) is 15.5. The fourth-order valence-corrected chi connectivity index (χ4v) is 3.27. The van der Waals surface area contributed by atoms with Crippen LogP contribution in [0.4, 0.5) is 57.1 Å². The number of esters is 1. The first-order valence-corrected chi connectivity index (χ1v) is 10.6. The molecule has 0 N–H and O–H groups in total. The van der Waals surface area contributed by atoms with Crippen molar-refractivity contribution < 1.29 is 66.6 Å². The minimum atomic E-state index is -8.00. The molecule has 0 aliphatic heterocycles. The second-order valence-corrected chi connectivity index (χ2v) is 10.3. The first-order valence-electron chi connectivity index (χ1n) is 10.6. The highest BCUT2D eigenvalue weighted by atomic mass is 19.4. The Labute approximate surface area is 199 Å². The molecule has 36 heavy (non-hydrogen) atoms. The summed E-state index contributed by atoms with van der Waals surface area (Å²) in [6, 6.07) is 0. The van der Waals surface area contributed by atoms with Crippen LogP contribution < -0.4 is 0 Å². The maximum absolute atomic E-state index is 14.1. The van der Waals surface area contributed by atoms with Crippen molar-refractivity contribution in [2.45, 2.75) is 104 Å². The monoisotopic (exact) mass is 560 g/mol. The molecule has 0 bridgehead atoms. The molecule has 1 unspecified atom stereocenters. The van der Waals surface area contributed by atoms with E-state index in [0.29, 0.717) is 6.42 Å². The van der Waals surface area contributed by atoms with Gasteiger partial charge in [0.25, 0.3) is 0 Å². The maximum Gasteiger partial charge on any atom is 0.460 e. The van der Waals surface area contributed by atoms with Crippen LogP contribution in [0.1, 0.15) is 67.7 Å². The Hall–Kier alpha value is -1.44. The van der Waals surface area contributed by atoms with Gasteiger partial charge in [-0.2, -0.15) is 57.1 Å². The van der Waals surface area contributed by atoms with Crippen molar-refractivity contribution in [2.75, 3.05) is 6.61 Å². The van der Waals surface area contributed by atoms with Crippen molar-refractivity contribution in [2.24, 2.45) is 16.2 Å². The summed E-state index contributed by atoms with van der Waals surface area (Å²) < 4.78 is 177. The van der Waals surface area contributed by atoms with Crippen molar-refractivity contribution in [3.63, 3.8) is 0 Å². The lowest BCUT2D eigenvalue weighted by molar-refractivity contribution is -0.441. The number of halogens is 13. The highest BCUT2D eigenvalue weighted by Crippen LogP contribution is 2.60. The van der Waals surface area contributed by atoms with Gasteiger partial charge in [-0.3, -0.25) is 4.79 Å². The number of alkyl halides is 13. The standard InChI is InChI=1S/C21H29F13O2/c1-8-13(3,4)10-15(7,14(5,6)9-2)12(35)36-11-16(22,23)17(24,25)18(26,27)19(28,29)20(30,31)21(32,33)34/h8-11H2,1-7H3. The van der Waals surface area contributed by atoms with Gasteiger partial charge < -0.3 is 4.74 Å². The van der Waals surface area contributed by atoms with Gasteiger partial charge in [-0.1, -0.05) is 48.0 Å². The number of hydrogen-bond donors (Lipinski definition) is 0. The molecule has 0 amide bonds. The molecule has 0 aliphatic carbocycles. The lowest BCUT2D eigenvalue weighted by atomic mass is 9.58.